The van der Waals surface area contributed by atoms with Crippen LogP contribution in [0.2, 0.25) is 0 Å². The second kappa shape index (κ2) is 12.2. The van der Waals surface area contributed by atoms with Crippen molar-refractivity contribution in [2.75, 3.05) is 27.7 Å². The lowest BCUT2D eigenvalue weighted by molar-refractivity contribution is 0.402. The highest BCUT2D eigenvalue weighted by Crippen LogP contribution is 2.13. The van der Waals surface area contributed by atoms with Gasteiger partial charge in [0.05, 0.1) is 5.01 Å². The average Bonchev–Trinajstić information content (AvgIpc) is 3.05. The number of hydrogen-bond acceptors (Lipinski definition) is 4. The largest absolute Gasteiger partial charge is 0.356 e. The number of thiazole rings is 1. The quantitative estimate of drug-likeness (QED) is 0.341. The molecule has 0 unspecified atom stereocenters. The number of rotatable bonds is 8. The lowest BCUT2D eigenvalue weighted by atomic mass is 10.1. The summed E-state index contributed by atoms with van der Waals surface area (Å²) in [6.07, 6.45) is 3.96. The van der Waals surface area contributed by atoms with Crippen LogP contribution in [0.3, 0.4) is 0 Å². The van der Waals surface area contributed by atoms with Gasteiger partial charge in [0.25, 0.3) is 0 Å². The van der Waals surface area contributed by atoms with Crippen molar-refractivity contribution < 1.29 is 0 Å². The number of aromatic nitrogens is 1. The Morgan fingerprint density at radius 1 is 1.23 bits per heavy atom. The number of aliphatic imine (C=N–C) groups is 1. The monoisotopic (exact) mass is 487 g/mol. The van der Waals surface area contributed by atoms with Crippen molar-refractivity contribution in [1.82, 2.24) is 20.5 Å². The van der Waals surface area contributed by atoms with Gasteiger partial charge in [-0.15, -0.1) is 35.3 Å². The topological polar surface area (TPSA) is 52.6 Å². The molecule has 1 aromatic carbocycles. The molecule has 7 heteroatoms. The third kappa shape index (κ3) is 8.01. The van der Waals surface area contributed by atoms with Crippen molar-refractivity contribution in [2.45, 2.75) is 32.9 Å². The molecule has 26 heavy (non-hydrogen) atoms. The lowest BCUT2D eigenvalue weighted by Crippen LogP contribution is -2.37. The molecule has 1 heterocycles. The summed E-state index contributed by atoms with van der Waals surface area (Å²) in [6.45, 7) is 4.71. The van der Waals surface area contributed by atoms with E-state index in [-0.39, 0.29) is 24.0 Å². The van der Waals surface area contributed by atoms with Crippen molar-refractivity contribution >= 4 is 41.3 Å². The Balaban J connectivity index is 0.00000338. The van der Waals surface area contributed by atoms with Crippen LogP contribution in [0.25, 0.3) is 0 Å². The molecule has 0 bridgehead atoms. The predicted molar refractivity (Wildman–Crippen MR) is 123 cm³/mol. The lowest BCUT2D eigenvalue weighted by Gasteiger charge is -2.13. The van der Waals surface area contributed by atoms with Gasteiger partial charge in [-0.2, -0.15) is 0 Å². The van der Waals surface area contributed by atoms with E-state index >= 15 is 0 Å². The normalized spacial score (nSPS) is 11.3. The van der Waals surface area contributed by atoms with Gasteiger partial charge in [-0.3, -0.25) is 4.99 Å². The number of hydrogen-bond donors (Lipinski definition) is 2. The van der Waals surface area contributed by atoms with Crippen molar-refractivity contribution in [2.24, 2.45) is 4.99 Å². The fourth-order valence-corrected chi connectivity index (χ4v) is 3.39. The summed E-state index contributed by atoms with van der Waals surface area (Å²) in [6, 6.07) is 8.65. The fourth-order valence-electron chi connectivity index (χ4n) is 2.52. The first-order valence-electron chi connectivity index (χ1n) is 8.71. The zero-order chi connectivity index (χ0) is 18.1. The number of guanidine groups is 1. The van der Waals surface area contributed by atoms with Gasteiger partial charge in [-0.05, 0) is 31.6 Å². The van der Waals surface area contributed by atoms with Crippen molar-refractivity contribution in [3.63, 3.8) is 0 Å². The smallest absolute Gasteiger partial charge is 0.191 e. The van der Waals surface area contributed by atoms with Crippen molar-refractivity contribution in [1.29, 1.82) is 0 Å². The summed E-state index contributed by atoms with van der Waals surface area (Å²) in [5, 5.41) is 7.91. The first-order chi connectivity index (χ1) is 12.1. The first kappa shape index (κ1) is 22.9. The Labute approximate surface area is 178 Å². The summed E-state index contributed by atoms with van der Waals surface area (Å²) < 4.78 is 0. The van der Waals surface area contributed by atoms with Crippen LogP contribution in [0.4, 0.5) is 0 Å². The predicted octanol–water partition coefficient (Wildman–Crippen LogP) is 3.29. The van der Waals surface area contributed by atoms with Crippen LogP contribution in [0.15, 0.2) is 35.5 Å². The summed E-state index contributed by atoms with van der Waals surface area (Å²) in [7, 11) is 5.97. The average molecular weight is 487 g/mol. The SMILES string of the molecule is CCc1cnc(CCNC(=NC)NCc2cccc(CN(C)C)c2)s1.I. The third-order valence-corrected chi connectivity index (χ3v) is 4.96. The first-order valence-corrected chi connectivity index (χ1v) is 9.53. The van der Waals surface area contributed by atoms with Gasteiger partial charge in [0.15, 0.2) is 5.96 Å². The standard InChI is InChI=1S/C19H29N5S.HI/c1-5-17-13-22-18(25-17)9-10-21-19(20-2)23-12-15-7-6-8-16(11-15)14-24(3)4;/h6-8,11,13H,5,9-10,12,14H2,1-4H3,(H2,20,21,23);1H. The molecule has 0 amide bonds. The second-order valence-corrected chi connectivity index (χ2v) is 7.43. The van der Waals surface area contributed by atoms with Crippen LogP contribution in [-0.2, 0) is 25.9 Å². The summed E-state index contributed by atoms with van der Waals surface area (Å²) in [5.74, 6) is 0.824. The highest BCUT2D eigenvalue weighted by molar-refractivity contribution is 14.0. The van der Waals surface area contributed by atoms with Gasteiger partial charge in [0.1, 0.15) is 0 Å². The minimum Gasteiger partial charge on any atom is -0.356 e. The minimum atomic E-state index is 0. The summed E-state index contributed by atoms with van der Waals surface area (Å²) >= 11 is 1.79. The highest BCUT2D eigenvalue weighted by Gasteiger charge is 2.03. The molecule has 2 N–H and O–H groups in total. The number of nitrogens with one attached hydrogen (secondary N) is 2. The van der Waals surface area contributed by atoms with Gasteiger partial charge in [0.2, 0.25) is 0 Å². The number of aryl methyl sites for hydroxylation is 1. The molecule has 0 aliphatic heterocycles. The van der Waals surface area contributed by atoms with Crippen molar-refractivity contribution in [3.05, 3.63) is 51.5 Å². The maximum absolute atomic E-state index is 4.45. The molecule has 0 fully saturated rings. The van der Waals surface area contributed by atoms with E-state index in [1.54, 1.807) is 18.4 Å². The molecule has 0 spiro atoms. The maximum atomic E-state index is 4.45. The molecule has 0 radical (unpaired) electrons. The van der Waals surface area contributed by atoms with Gasteiger partial charge in [0, 0.05) is 44.2 Å². The van der Waals surface area contributed by atoms with Crippen LogP contribution in [0.1, 0.15) is 27.9 Å². The molecule has 1 aromatic heterocycles. The third-order valence-electron chi connectivity index (χ3n) is 3.75. The van der Waals surface area contributed by atoms with E-state index in [1.165, 1.54) is 21.0 Å². The zero-order valence-electron chi connectivity index (χ0n) is 16.1. The molecule has 0 aliphatic rings. The molecular weight excluding hydrogens is 457 g/mol. The van der Waals surface area contributed by atoms with Gasteiger partial charge < -0.3 is 15.5 Å². The number of nitrogens with zero attached hydrogens (tertiary/aromatic N) is 3. The summed E-state index contributed by atoms with van der Waals surface area (Å²) in [5.41, 5.74) is 2.58. The van der Waals surface area contributed by atoms with Crippen LogP contribution in [0, 0.1) is 0 Å². The molecule has 0 atom stereocenters. The van der Waals surface area contributed by atoms with E-state index in [1.807, 2.05) is 6.20 Å². The molecular formula is C19H30IN5S. The molecule has 144 valence electrons. The second-order valence-electron chi connectivity index (χ2n) is 6.23. The van der Waals surface area contributed by atoms with E-state index in [0.717, 1.165) is 38.4 Å². The Bertz CT molecular complexity index is 684. The van der Waals surface area contributed by atoms with Crippen molar-refractivity contribution in [3.8, 4) is 0 Å². The van der Waals surface area contributed by atoms with E-state index in [4.69, 9.17) is 0 Å². The number of benzene rings is 1. The Kier molecular flexibility index (Phi) is 10.8. The van der Waals surface area contributed by atoms with Crippen LogP contribution < -0.4 is 10.6 Å². The van der Waals surface area contributed by atoms with Crippen LogP contribution in [0.5, 0.6) is 0 Å². The Morgan fingerprint density at radius 3 is 2.65 bits per heavy atom. The van der Waals surface area contributed by atoms with Gasteiger partial charge in [-0.25, -0.2) is 4.98 Å². The minimum absolute atomic E-state index is 0. The van der Waals surface area contributed by atoms with E-state index in [0.29, 0.717) is 0 Å². The molecule has 5 nitrogen and oxygen atoms in total. The Morgan fingerprint density at radius 2 is 2.00 bits per heavy atom. The molecule has 2 aromatic rings. The molecule has 0 saturated heterocycles. The Hall–Kier alpha value is -1.19. The number of halogens is 1. The van der Waals surface area contributed by atoms with Gasteiger partial charge >= 0.3 is 0 Å². The maximum Gasteiger partial charge on any atom is 0.191 e. The summed E-state index contributed by atoms with van der Waals surface area (Å²) in [4.78, 5) is 12.3. The highest BCUT2D eigenvalue weighted by atomic mass is 127. The van der Waals surface area contributed by atoms with Crippen LogP contribution >= 0.6 is 35.3 Å². The van der Waals surface area contributed by atoms with E-state index < -0.39 is 0 Å². The molecule has 0 aliphatic carbocycles. The fraction of sp³-hybridized carbons (Fsp3) is 0.474. The van der Waals surface area contributed by atoms with E-state index in [9.17, 15) is 0 Å². The zero-order valence-corrected chi connectivity index (χ0v) is 19.2. The van der Waals surface area contributed by atoms with E-state index in [2.05, 4.69) is 70.8 Å². The molecule has 2 rings (SSSR count). The molecule has 0 saturated carbocycles. The van der Waals surface area contributed by atoms with Gasteiger partial charge in [-0.1, -0.05) is 31.2 Å². The van der Waals surface area contributed by atoms with Crippen LogP contribution in [-0.4, -0.2) is 43.5 Å².